The first-order chi connectivity index (χ1) is 16.3. The Hall–Kier alpha value is -2.93. The number of benzene rings is 2. The second-order valence-electron chi connectivity index (χ2n) is 8.82. The highest BCUT2D eigenvalue weighted by Crippen LogP contribution is 2.31. The summed E-state index contributed by atoms with van der Waals surface area (Å²) in [5, 5.41) is 4.18. The van der Waals surface area contributed by atoms with Crippen molar-refractivity contribution >= 4 is 46.3 Å². The second-order valence-corrected chi connectivity index (χ2v) is 9.66. The van der Waals surface area contributed by atoms with E-state index in [0.717, 1.165) is 29.1 Å². The van der Waals surface area contributed by atoms with E-state index in [9.17, 15) is 4.79 Å². The third-order valence-electron chi connectivity index (χ3n) is 6.17. The molecule has 5 rings (SSSR count). The van der Waals surface area contributed by atoms with Crippen LogP contribution in [-0.2, 0) is 16.0 Å². The Labute approximate surface area is 208 Å². The van der Waals surface area contributed by atoms with E-state index in [4.69, 9.17) is 37.9 Å². The number of pyridine rings is 1. The summed E-state index contributed by atoms with van der Waals surface area (Å²) in [6.07, 6.45) is 2.16. The van der Waals surface area contributed by atoms with Gasteiger partial charge in [0, 0.05) is 40.3 Å². The second kappa shape index (κ2) is 9.02. The zero-order valence-corrected chi connectivity index (χ0v) is 20.4. The van der Waals surface area contributed by atoms with E-state index in [2.05, 4.69) is 10.2 Å². The number of rotatable bonds is 4. The predicted molar refractivity (Wildman–Crippen MR) is 136 cm³/mol. The Bertz CT molecular complexity index is 1270. The lowest BCUT2D eigenvalue weighted by molar-refractivity contribution is -0.117. The zero-order chi connectivity index (χ0) is 23.9. The number of fused-ring (bicyclic) bond motifs is 1. The number of amides is 1. The normalized spacial score (nSPS) is 19.3. The summed E-state index contributed by atoms with van der Waals surface area (Å²) < 4.78 is 5.81. The molecule has 174 valence electrons. The van der Waals surface area contributed by atoms with E-state index >= 15 is 0 Å². The number of benzodiazepines with no additional fused rings is 1. The minimum Gasteiger partial charge on any atom is -0.354 e. The van der Waals surface area contributed by atoms with E-state index in [1.807, 2.05) is 56.3 Å². The van der Waals surface area contributed by atoms with E-state index in [1.54, 1.807) is 18.3 Å². The molecule has 1 fully saturated rings. The Morgan fingerprint density at radius 1 is 1.15 bits per heavy atom. The van der Waals surface area contributed by atoms with Crippen molar-refractivity contribution in [1.29, 1.82) is 0 Å². The first kappa shape index (κ1) is 22.8. The summed E-state index contributed by atoms with van der Waals surface area (Å²) in [5.41, 5.74) is 3.32. The minimum atomic E-state index is -0.660. The molecule has 1 N–H and O–H groups in total. The van der Waals surface area contributed by atoms with Crippen molar-refractivity contribution in [1.82, 2.24) is 4.98 Å². The van der Waals surface area contributed by atoms with Crippen molar-refractivity contribution in [2.75, 3.05) is 23.4 Å². The molecule has 1 unspecified atom stereocenters. The number of aromatic nitrogens is 1. The number of anilines is 2. The van der Waals surface area contributed by atoms with Gasteiger partial charge in [-0.3, -0.25) is 9.79 Å². The van der Waals surface area contributed by atoms with E-state index in [-0.39, 0.29) is 5.91 Å². The van der Waals surface area contributed by atoms with Gasteiger partial charge in [0.15, 0.2) is 0 Å². The largest absolute Gasteiger partial charge is 0.354 e. The van der Waals surface area contributed by atoms with Gasteiger partial charge in [-0.05, 0) is 55.8 Å². The number of carbonyl (C=O) groups is 1. The van der Waals surface area contributed by atoms with Crippen LogP contribution in [0.3, 0.4) is 0 Å². The minimum absolute atomic E-state index is 0.195. The van der Waals surface area contributed by atoms with Crippen LogP contribution in [0.2, 0.25) is 10.0 Å². The van der Waals surface area contributed by atoms with Gasteiger partial charge in [0.25, 0.3) is 0 Å². The van der Waals surface area contributed by atoms with Gasteiger partial charge in [0.1, 0.15) is 17.6 Å². The fraction of sp³-hybridized carbons (Fsp3) is 0.269. The number of ether oxygens (including phenoxy) is 1. The third kappa shape index (κ3) is 4.41. The first-order valence-corrected chi connectivity index (χ1v) is 11.9. The molecule has 0 saturated carbocycles. The van der Waals surface area contributed by atoms with Crippen molar-refractivity contribution in [2.45, 2.75) is 32.0 Å². The Balaban J connectivity index is 1.56. The van der Waals surface area contributed by atoms with Gasteiger partial charge in [-0.1, -0.05) is 41.4 Å². The molecule has 1 amide bonds. The maximum Gasteiger partial charge on any atom is 0.249 e. The standard InChI is InChI=1S/C26H24Cl2N4O2/c1-26(2)32(11-12-34-26)23-10-7-17(15-29-23)24-19-14-18(27)8-9-21(19)31-25(33)22(30-24)13-16-5-3-4-6-20(16)28/h3-10,14-15,22H,11-13H2,1-2H3,(H,31,33). The number of aliphatic imine (C=N–C) groups is 1. The van der Waals surface area contributed by atoms with Gasteiger partial charge in [-0.15, -0.1) is 0 Å². The van der Waals surface area contributed by atoms with Gasteiger partial charge >= 0.3 is 0 Å². The molecule has 1 saturated heterocycles. The molecule has 34 heavy (non-hydrogen) atoms. The molecule has 3 heterocycles. The highest BCUT2D eigenvalue weighted by Gasteiger charge is 2.34. The van der Waals surface area contributed by atoms with Crippen molar-refractivity contribution in [3.63, 3.8) is 0 Å². The molecular formula is C26H24Cl2N4O2. The average molecular weight is 495 g/mol. The lowest BCUT2D eigenvalue weighted by atomic mass is 10.0. The molecular weight excluding hydrogens is 471 g/mol. The molecule has 2 aliphatic rings. The molecule has 1 atom stereocenters. The predicted octanol–water partition coefficient (Wildman–Crippen LogP) is 5.36. The van der Waals surface area contributed by atoms with Gasteiger partial charge in [0.2, 0.25) is 5.91 Å². The maximum atomic E-state index is 13.1. The van der Waals surface area contributed by atoms with Crippen molar-refractivity contribution in [3.05, 3.63) is 87.5 Å². The van der Waals surface area contributed by atoms with Crippen LogP contribution in [0.15, 0.2) is 65.8 Å². The van der Waals surface area contributed by atoms with Gasteiger partial charge in [-0.2, -0.15) is 0 Å². The van der Waals surface area contributed by atoms with Gasteiger partial charge in [0.05, 0.1) is 18.0 Å². The SMILES string of the molecule is CC1(C)OCCN1c1ccc(C2=NC(Cc3ccccc3Cl)C(=O)Nc3ccc(Cl)cc32)cn1. The zero-order valence-electron chi connectivity index (χ0n) is 18.9. The lowest BCUT2D eigenvalue weighted by Crippen LogP contribution is -2.39. The quantitative estimate of drug-likeness (QED) is 0.529. The van der Waals surface area contributed by atoms with Crippen LogP contribution >= 0.6 is 23.2 Å². The summed E-state index contributed by atoms with van der Waals surface area (Å²) in [7, 11) is 0. The van der Waals surface area contributed by atoms with Gasteiger partial charge in [-0.25, -0.2) is 4.98 Å². The molecule has 0 radical (unpaired) electrons. The highest BCUT2D eigenvalue weighted by atomic mass is 35.5. The average Bonchev–Trinajstić information content (AvgIpc) is 3.11. The molecule has 6 nitrogen and oxygen atoms in total. The Kier molecular flexibility index (Phi) is 6.06. The highest BCUT2D eigenvalue weighted by molar-refractivity contribution is 6.32. The number of halogens is 2. The van der Waals surface area contributed by atoms with E-state index < -0.39 is 11.8 Å². The van der Waals surface area contributed by atoms with Crippen LogP contribution in [0.4, 0.5) is 11.5 Å². The molecule has 0 spiro atoms. The van der Waals surface area contributed by atoms with Crippen LogP contribution in [0.5, 0.6) is 0 Å². The molecule has 0 aliphatic carbocycles. The maximum absolute atomic E-state index is 13.1. The van der Waals surface area contributed by atoms with Crippen molar-refractivity contribution in [2.24, 2.45) is 4.99 Å². The Morgan fingerprint density at radius 2 is 1.97 bits per heavy atom. The summed E-state index contributed by atoms with van der Waals surface area (Å²) >= 11 is 12.7. The third-order valence-corrected chi connectivity index (χ3v) is 6.78. The molecule has 2 aliphatic heterocycles. The molecule has 0 bridgehead atoms. The monoisotopic (exact) mass is 494 g/mol. The number of carbonyl (C=O) groups excluding carboxylic acids is 1. The molecule has 8 heteroatoms. The lowest BCUT2D eigenvalue weighted by Gasteiger charge is -2.30. The van der Waals surface area contributed by atoms with Crippen LogP contribution in [0.1, 0.15) is 30.5 Å². The summed E-state index contributed by atoms with van der Waals surface area (Å²) in [5.74, 6) is 0.632. The smallest absolute Gasteiger partial charge is 0.249 e. The van der Waals surface area contributed by atoms with Crippen LogP contribution in [0, 0.1) is 0 Å². The van der Waals surface area contributed by atoms with Gasteiger partial charge < -0.3 is 15.0 Å². The first-order valence-electron chi connectivity index (χ1n) is 11.1. The van der Waals surface area contributed by atoms with Crippen molar-refractivity contribution in [3.8, 4) is 0 Å². The van der Waals surface area contributed by atoms with Crippen LogP contribution < -0.4 is 10.2 Å². The number of nitrogens with zero attached hydrogens (tertiary/aromatic N) is 3. The van der Waals surface area contributed by atoms with Crippen molar-refractivity contribution < 1.29 is 9.53 Å². The molecule has 3 aromatic rings. The van der Waals surface area contributed by atoms with E-state index in [0.29, 0.717) is 34.5 Å². The number of hydrogen-bond donors (Lipinski definition) is 1. The van der Waals surface area contributed by atoms with Crippen LogP contribution in [-0.4, -0.2) is 41.5 Å². The summed E-state index contributed by atoms with van der Waals surface area (Å²) in [6, 6.07) is 16.1. The Morgan fingerprint density at radius 3 is 2.68 bits per heavy atom. The van der Waals surface area contributed by atoms with E-state index in [1.165, 1.54) is 0 Å². The summed E-state index contributed by atoms with van der Waals surface area (Å²) in [4.78, 5) is 24.9. The van der Waals surface area contributed by atoms with Crippen LogP contribution in [0.25, 0.3) is 0 Å². The number of nitrogens with one attached hydrogen (secondary N) is 1. The topological polar surface area (TPSA) is 66.8 Å². The summed E-state index contributed by atoms with van der Waals surface area (Å²) in [6.45, 7) is 5.49. The number of hydrogen-bond acceptors (Lipinski definition) is 5. The fourth-order valence-corrected chi connectivity index (χ4v) is 4.76. The molecule has 1 aromatic heterocycles. The molecule has 2 aromatic carbocycles. The fourth-order valence-electron chi connectivity index (χ4n) is 4.37.